The molecule has 29 heavy (non-hydrogen) atoms. The van der Waals surface area contributed by atoms with Gasteiger partial charge in [-0.05, 0) is 39.9 Å². The maximum absolute atomic E-state index is 12.2. The Hall–Kier alpha value is -2.11. The van der Waals surface area contributed by atoms with Crippen LogP contribution in [-0.2, 0) is 11.4 Å². The van der Waals surface area contributed by atoms with Crippen LogP contribution in [0.15, 0.2) is 48.5 Å². The van der Waals surface area contributed by atoms with Gasteiger partial charge in [0.15, 0.2) is 0 Å². The molecule has 0 spiro atoms. The van der Waals surface area contributed by atoms with E-state index in [9.17, 15) is 9.90 Å². The summed E-state index contributed by atoms with van der Waals surface area (Å²) >= 11 is 0. The summed E-state index contributed by atoms with van der Waals surface area (Å²) in [5.74, 6) is -0.253. The van der Waals surface area contributed by atoms with Crippen molar-refractivity contribution in [3.8, 4) is 5.75 Å². The molecular weight excluding hydrogens is 378 g/mol. The van der Waals surface area contributed by atoms with Crippen LogP contribution in [0.1, 0.15) is 64.2 Å². The SMILES string of the molecule is CC(C)[Si](Oc1ccc(C(C(N)=O)c2ccccc2)cc1CO)(C(C)C)C(C)C. The van der Waals surface area contributed by atoms with Gasteiger partial charge < -0.3 is 15.3 Å². The van der Waals surface area contributed by atoms with Crippen molar-refractivity contribution in [1.82, 2.24) is 0 Å². The molecule has 1 unspecified atom stereocenters. The van der Waals surface area contributed by atoms with E-state index in [1.54, 1.807) is 0 Å². The van der Waals surface area contributed by atoms with E-state index < -0.39 is 20.1 Å². The third-order valence-electron chi connectivity index (χ3n) is 6.00. The molecule has 0 saturated heterocycles. The molecule has 3 N–H and O–H groups in total. The van der Waals surface area contributed by atoms with E-state index in [2.05, 4.69) is 41.5 Å². The molecule has 4 nitrogen and oxygen atoms in total. The van der Waals surface area contributed by atoms with Crippen LogP contribution < -0.4 is 10.2 Å². The van der Waals surface area contributed by atoms with Gasteiger partial charge in [0, 0.05) is 5.56 Å². The fourth-order valence-electron chi connectivity index (χ4n) is 4.71. The molecule has 0 aliphatic rings. The van der Waals surface area contributed by atoms with E-state index in [1.807, 2.05) is 48.5 Å². The minimum atomic E-state index is -2.15. The zero-order chi connectivity index (χ0) is 21.8. The second-order valence-corrected chi connectivity index (χ2v) is 14.1. The lowest BCUT2D eigenvalue weighted by Crippen LogP contribution is -2.50. The lowest BCUT2D eigenvalue weighted by Gasteiger charge is -2.42. The minimum Gasteiger partial charge on any atom is -0.542 e. The van der Waals surface area contributed by atoms with Gasteiger partial charge in [-0.25, -0.2) is 0 Å². The molecule has 158 valence electrons. The van der Waals surface area contributed by atoms with Crippen molar-refractivity contribution in [1.29, 1.82) is 0 Å². The molecule has 0 saturated carbocycles. The number of rotatable bonds is 9. The summed E-state index contributed by atoms with van der Waals surface area (Å²) in [6.07, 6.45) is 0. The van der Waals surface area contributed by atoms with E-state index in [-0.39, 0.29) is 6.61 Å². The topological polar surface area (TPSA) is 72.5 Å². The molecule has 1 amide bonds. The van der Waals surface area contributed by atoms with E-state index in [4.69, 9.17) is 10.2 Å². The van der Waals surface area contributed by atoms with Gasteiger partial charge in [0.05, 0.1) is 12.5 Å². The quantitative estimate of drug-likeness (QED) is 0.544. The molecule has 2 aromatic carbocycles. The van der Waals surface area contributed by atoms with Crippen LogP contribution in [-0.4, -0.2) is 19.3 Å². The number of carbonyl (C=O) groups is 1. The predicted octanol–water partition coefficient (Wildman–Crippen LogP) is 5.35. The Morgan fingerprint density at radius 3 is 1.93 bits per heavy atom. The van der Waals surface area contributed by atoms with Crippen molar-refractivity contribution in [3.05, 3.63) is 65.2 Å². The molecule has 0 aliphatic carbocycles. The number of aliphatic hydroxyl groups excluding tert-OH is 1. The second kappa shape index (κ2) is 9.59. The molecule has 0 aliphatic heterocycles. The number of aliphatic hydroxyl groups is 1. The summed E-state index contributed by atoms with van der Waals surface area (Å²) < 4.78 is 6.77. The van der Waals surface area contributed by atoms with Crippen molar-refractivity contribution in [2.45, 2.75) is 70.7 Å². The average Bonchev–Trinajstić information content (AvgIpc) is 2.66. The summed E-state index contributed by atoms with van der Waals surface area (Å²) in [7, 11) is -2.15. The monoisotopic (exact) mass is 413 g/mol. The molecule has 5 heteroatoms. The van der Waals surface area contributed by atoms with Gasteiger partial charge in [0.25, 0.3) is 8.32 Å². The zero-order valence-corrected chi connectivity index (χ0v) is 19.5. The molecule has 0 aromatic heterocycles. The summed E-state index contributed by atoms with van der Waals surface area (Å²) in [5, 5.41) is 10.1. The normalized spacial score (nSPS) is 13.2. The lowest BCUT2D eigenvalue weighted by molar-refractivity contribution is -0.118. The molecule has 1 atom stereocenters. The summed E-state index contributed by atoms with van der Waals surface area (Å²) in [6, 6.07) is 15.1. The van der Waals surface area contributed by atoms with Crippen molar-refractivity contribution in [2.24, 2.45) is 5.73 Å². The van der Waals surface area contributed by atoms with Crippen molar-refractivity contribution < 1.29 is 14.3 Å². The van der Waals surface area contributed by atoms with Crippen LogP contribution in [0.4, 0.5) is 0 Å². The van der Waals surface area contributed by atoms with Gasteiger partial charge in [-0.15, -0.1) is 0 Å². The highest BCUT2D eigenvalue weighted by Crippen LogP contribution is 2.43. The highest BCUT2D eigenvalue weighted by atomic mass is 28.4. The molecular formula is C24H35NO3Si. The molecule has 0 bridgehead atoms. The number of carbonyl (C=O) groups excluding carboxylic acids is 1. The van der Waals surface area contributed by atoms with E-state index in [0.717, 1.165) is 16.9 Å². The van der Waals surface area contributed by atoms with Gasteiger partial charge >= 0.3 is 0 Å². The standard InChI is InChI=1S/C24H35NO3Si/c1-16(2)29(17(3)4,18(5)6)28-22-13-12-20(14-21(22)15-26)23(24(25)27)19-10-8-7-9-11-19/h7-14,16-18,23,26H,15H2,1-6H3,(H2,25,27). The second-order valence-electron chi connectivity index (χ2n) is 8.69. The summed E-state index contributed by atoms with van der Waals surface area (Å²) in [6.45, 7) is 13.3. The molecule has 0 fully saturated rings. The van der Waals surface area contributed by atoms with E-state index in [1.165, 1.54) is 0 Å². The van der Waals surface area contributed by atoms with E-state index >= 15 is 0 Å². The first-order valence-electron chi connectivity index (χ1n) is 10.4. The minimum absolute atomic E-state index is 0.151. The Morgan fingerprint density at radius 1 is 0.931 bits per heavy atom. The highest BCUT2D eigenvalue weighted by Gasteiger charge is 2.47. The van der Waals surface area contributed by atoms with Crippen LogP contribution in [0.2, 0.25) is 16.6 Å². The summed E-state index contributed by atoms with van der Waals surface area (Å²) in [4.78, 5) is 12.2. The highest BCUT2D eigenvalue weighted by molar-refractivity contribution is 6.78. The first kappa shape index (κ1) is 23.2. The molecule has 0 radical (unpaired) electrons. The third kappa shape index (κ3) is 4.73. The van der Waals surface area contributed by atoms with Crippen LogP contribution >= 0.6 is 0 Å². The first-order valence-corrected chi connectivity index (χ1v) is 12.6. The molecule has 2 rings (SSSR count). The number of nitrogens with two attached hydrogens (primary N) is 1. The zero-order valence-electron chi connectivity index (χ0n) is 18.5. The number of primary amides is 1. The average molecular weight is 414 g/mol. The Bertz CT molecular complexity index is 796. The Kier molecular flexibility index (Phi) is 7.66. The molecule has 0 heterocycles. The maximum Gasteiger partial charge on any atom is 0.258 e. The predicted molar refractivity (Wildman–Crippen MR) is 122 cm³/mol. The fourth-order valence-corrected chi connectivity index (χ4v) is 10.00. The largest absolute Gasteiger partial charge is 0.542 e. The van der Waals surface area contributed by atoms with Crippen LogP contribution in [0, 0.1) is 0 Å². The number of amides is 1. The van der Waals surface area contributed by atoms with Gasteiger partial charge in [-0.2, -0.15) is 0 Å². The third-order valence-corrected chi connectivity index (χ3v) is 12.0. The van der Waals surface area contributed by atoms with Crippen molar-refractivity contribution in [2.75, 3.05) is 0 Å². The van der Waals surface area contributed by atoms with Gasteiger partial charge in [0.1, 0.15) is 5.75 Å². The van der Waals surface area contributed by atoms with Crippen LogP contribution in [0.25, 0.3) is 0 Å². The van der Waals surface area contributed by atoms with Crippen molar-refractivity contribution >= 4 is 14.2 Å². The Labute approximate surface area is 176 Å². The Morgan fingerprint density at radius 2 is 1.48 bits per heavy atom. The number of benzene rings is 2. The first-order chi connectivity index (χ1) is 13.6. The number of hydrogen-bond donors (Lipinski definition) is 2. The van der Waals surface area contributed by atoms with Gasteiger partial charge in [-0.3, -0.25) is 4.79 Å². The number of hydrogen-bond acceptors (Lipinski definition) is 3. The van der Waals surface area contributed by atoms with Crippen LogP contribution in [0.3, 0.4) is 0 Å². The Balaban J connectivity index is 2.51. The maximum atomic E-state index is 12.2. The smallest absolute Gasteiger partial charge is 0.258 e. The lowest BCUT2D eigenvalue weighted by atomic mass is 9.89. The molecule has 2 aromatic rings. The van der Waals surface area contributed by atoms with Crippen LogP contribution in [0.5, 0.6) is 5.75 Å². The van der Waals surface area contributed by atoms with Gasteiger partial charge in [0.2, 0.25) is 5.91 Å². The fraction of sp³-hybridized carbons (Fsp3) is 0.458. The summed E-state index contributed by atoms with van der Waals surface area (Å²) in [5.41, 5.74) is 9.31. The van der Waals surface area contributed by atoms with Gasteiger partial charge in [-0.1, -0.05) is 77.9 Å². The van der Waals surface area contributed by atoms with E-state index in [0.29, 0.717) is 22.2 Å². The van der Waals surface area contributed by atoms with Crippen molar-refractivity contribution in [3.63, 3.8) is 0 Å².